The molecule has 1 fully saturated rings. The Balaban J connectivity index is 3.82. The van der Waals surface area contributed by atoms with Crippen LogP contribution in [0.3, 0.4) is 0 Å². The highest BCUT2D eigenvalue weighted by atomic mass is 28.2. The van der Waals surface area contributed by atoms with Gasteiger partial charge in [-0.25, -0.2) is 0 Å². The summed E-state index contributed by atoms with van der Waals surface area (Å²) >= 11 is 0. The average molecular weight is 439 g/mol. The van der Waals surface area contributed by atoms with Gasteiger partial charge < -0.3 is 28.4 Å². The predicted octanol–water partition coefficient (Wildman–Crippen LogP) is -0.721. The van der Waals surface area contributed by atoms with E-state index in [-0.39, 0.29) is 5.54 Å². The van der Waals surface area contributed by atoms with Gasteiger partial charge in [0.2, 0.25) is 5.79 Å². The lowest BCUT2D eigenvalue weighted by Crippen LogP contribution is -2.85. The standard InChI is InChI=1S/C18H42O6Si3/c1-7-19-15(26)13-14(25)16(20-8-2,21-9-3)18(27,24-12-6)17(15,22-10-4)23-11-5/h14H,7-13H2,1-6,25-27H3. The second kappa shape index (κ2) is 10.4. The molecule has 3 atom stereocenters. The van der Waals surface area contributed by atoms with Crippen molar-refractivity contribution in [2.45, 2.75) is 75.5 Å². The normalized spacial score (nSPS) is 32.9. The van der Waals surface area contributed by atoms with Crippen molar-refractivity contribution in [3.8, 4) is 0 Å². The van der Waals surface area contributed by atoms with E-state index in [1.165, 1.54) is 0 Å². The summed E-state index contributed by atoms with van der Waals surface area (Å²) in [7, 11) is 2.28. The molecule has 0 amide bonds. The molecule has 0 aromatic carbocycles. The van der Waals surface area contributed by atoms with E-state index in [4.69, 9.17) is 28.4 Å². The van der Waals surface area contributed by atoms with Crippen LogP contribution in [0, 0.1) is 0 Å². The molecule has 6 nitrogen and oxygen atoms in total. The van der Waals surface area contributed by atoms with Crippen LogP contribution in [-0.4, -0.2) is 92.4 Å². The summed E-state index contributed by atoms with van der Waals surface area (Å²) in [4.78, 5) is 0. The van der Waals surface area contributed by atoms with Crippen molar-refractivity contribution in [3.05, 3.63) is 0 Å². The number of hydrogen-bond acceptors (Lipinski definition) is 6. The zero-order valence-corrected chi connectivity index (χ0v) is 25.0. The molecule has 0 N–H and O–H groups in total. The molecule has 1 aliphatic carbocycles. The monoisotopic (exact) mass is 438 g/mol. The van der Waals surface area contributed by atoms with Crippen LogP contribution in [0.5, 0.6) is 0 Å². The van der Waals surface area contributed by atoms with Crippen LogP contribution in [0.25, 0.3) is 0 Å². The van der Waals surface area contributed by atoms with Gasteiger partial charge in [-0.2, -0.15) is 0 Å². The van der Waals surface area contributed by atoms with Crippen LogP contribution in [0.4, 0.5) is 0 Å². The molecule has 0 heterocycles. The fourth-order valence-electron chi connectivity index (χ4n) is 5.07. The van der Waals surface area contributed by atoms with Crippen LogP contribution >= 0.6 is 0 Å². The quantitative estimate of drug-likeness (QED) is 0.296. The van der Waals surface area contributed by atoms with E-state index in [1.54, 1.807) is 0 Å². The number of ether oxygens (including phenoxy) is 6. The maximum absolute atomic E-state index is 6.55. The number of hydrogen-bond donors (Lipinski definition) is 0. The smallest absolute Gasteiger partial charge is 0.224 e. The third-order valence-electron chi connectivity index (χ3n) is 5.64. The SMILES string of the molecule is CCOC1([SiH3])CC([SiH3])C(OCC)(OCC)C([SiH3])(OCC)C1(OCC)OCC. The Kier molecular flexibility index (Phi) is 9.84. The minimum Gasteiger partial charge on any atom is -0.374 e. The zero-order chi connectivity index (χ0) is 20.8. The fourth-order valence-corrected chi connectivity index (χ4v) is 12.2. The Morgan fingerprint density at radius 1 is 0.667 bits per heavy atom. The van der Waals surface area contributed by atoms with Gasteiger partial charge in [-0.1, -0.05) is 0 Å². The van der Waals surface area contributed by atoms with E-state index in [1.807, 2.05) is 41.5 Å². The Hall–Kier alpha value is 0.411. The summed E-state index contributed by atoms with van der Waals surface area (Å²) in [5, 5.41) is -1.36. The van der Waals surface area contributed by atoms with Crippen molar-refractivity contribution in [2.75, 3.05) is 39.6 Å². The van der Waals surface area contributed by atoms with Gasteiger partial charge in [0.1, 0.15) is 5.22 Å². The minimum atomic E-state index is -1.04. The first kappa shape index (κ1) is 25.4. The van der Waals surface area contributed by atoms with Gasteiger partial charge in [-0.15, -0.1) is 0 Å². The van der Waals surface area contributed by atoms with E-state index in [2.05, 4.69) is 0 Å². The molecule has 1 rings (SSSR count). The fraction of sp³-hybridized carbons (Fsp3) is 1.00. The van der Waals surface area contributed by atoms with Gasteiger partial charge in [-0.05, 0) is 48.0 Å². The molecule has 9 heteroatoms. The lowest BCUT2D eigenvalue weighted by atomic mass is 9.79. The van der Waals surface area contributed by atoms with E-state index in [0.717, 1.165) is 26.9 Å². The molecule has 27 heavy (non-hydrogen) atoms. The Labute approximate surface area is 174 Å². The van der Waals surface area contributed by atoms with Crippen molar-refractivity contribution in [1.29, 1.82) is 0 Å². The molecular weight excluding hydrogens is 396 g/mol. The van der Waals surface area contributed by atoms with Crippen LogP contribution < -0.4 is 0 Å². The molecule has 0 bridgehead atoms. The molecule has 3 unspecified atom stereocenters. The zero-order valence-electron chi connectivity index (χ0n) is 19.0. The van der Waals surface area contributed by atoms with E-state index in [0.29, 0.717) is 49.9 Å². The Morgan fingerprint density at radius 3 is 1.44 bits per heavy atom. The second-order valence-electron chi connectivity index (χ2n) is 7.25. The molecule has 0 radical (unpaired) electrons. The molecule has 0 aromatic heterocycles. The maximum atomic E-state index is 6.55. The minimum absolute atomic E-state index is 0.208. The van der Waals surface area contributed by atoms with Gasteiger partial charge in [0.15, 0.2) is 11.0 Å². The predicted molar refractivity (Wildman–Crippen MR) is 119 cm³/mol. The molecule has 1 saturated carbocycles. The highest BCUT2D eigenvalue weighted by molar-refractivity contribution is 6.23. The average Bonchev–Trinajstić information content (AvgIpc) is 2.60. The molecule has 0 aliphatic heterocycles. The van der Waals surface area contributed by atoms with Gasteiger partial charge >= 0.3 is 0 Å². The molecule has 0 saturated heterocycles. The largest absolute Gasteiger partial charge is 0.374 e. The van der Waals surface area contributed by atoms with Crippen molar-refractivity contribution in [1.82, 2.24) is 0 Å². The Morgan fingerprint density at radius 2 is 1.07 bits per heavy atom. The maximum Gasteiger partial charge on any atom is 0.224 e. The molecule has 1 aliphatic rings. The van der Waals surface area contributed by atoms with Gasteiger partial charge in [-0.3, -0.25) is 0 Å². The number of rotatable bonds is 12. The summed E-state index contributed by atoms with van der Waals surface area (Å²) in [6.07, 6.45) is 0.802. The lowest BCUT2D eigenvalue weighted by Gasteiger charge is -2.66. The first-order valence-corrected chi connectivity index (χ1v) is 13.7. The molecular formula is C18H42O6Si3. The van der Waals surface area contributed by atoms with E-state index in [9.17, 15) is 0 Å². The summed E-state index contributed by atoms with van der Waals surface area (Å²) in [6, 6.07) is 0. The topological polar surface area (TPSA) is 55.4 Å². The first-order chi connectivity index (χ1) is 12.7. The highest BCUT2D eigenvalue weighted by Crippen LogP contribution is 2.58. The van der Waals surface area contributed by atoms with Crippen LogP contribution in [0.15, 0.2) is 0 Å². The summed E-state index contributed by atoms with van der Waals surface area (Å²) in [5.41, 5.74) is 0.208. The first-order valence-electron chi connectivity index (χ1n) is 10.6. The summed E-state index contributed by atoms with van der Waals surface area (Å²) < 4.78 is 38.8. The van der Waals surface area contributed by atoms with Crippen molar-refractivity contribution in [3.63, 3.8) is 0 Å². The van der Waals surface area contributed by atoms with Crippen molar-refractivity contribution < 1.29 is 28.4 Å². The van der Waals surface area contributed by atoms with Crippen LogP contribution in [-0.2, 0) is 28.4 Å². The van der Waals surface area contributed by atoms with Gasteiger partial charge in [0.25, 0.3) is 0 Å². The molecule has 0 spiro atoms. The Bertz CT molecular complexity index is 443. The molecule has 0 aromatic rings. The third kappa shape index (κ3) is 4.04. The van der Waals surface area contributed by atoms with Crippen molar-refractivity contribution in [2.24, 2.45) is 0 Å². The summed E-state index contributed by atoms with van der Waals surface area (Å²) in [6.45, 7) is 15.3. The van der Waals surface area contributed by atoms with Crippen molar-refractivity contribution >= 4 is 30.7 Å². The third-order valence-corrected chi connectivity index (χ3v) is 9.81. The van der Waals surface area contributed by atoms with Crippen LogP contribution in [0.2, 0.25) is 5.54 Å². The van der Waals surface area contributed by atoms with E-state index >= 15 is 0 Å². The van der Waals surface area contributed by atoms with Gasteiger partial charge in [0.05, 0.1) is 20.5 Å². The lowest BCUT2D eigenvalue weighted by molar-refractivity contribution is -0.442. The van der Waals surface area contributed by atoms with E-state index < -0.39 is 22.0 Å². The van der Waals surface area contributed by atoms with Crippen LogP contribution in [0.1, 0.15) is 48.0 Å². The second-order valence-corrected chi connectivity index (χ2v) is 11.7. The van der Waals surface area contributed by atoms with Gasteiger partial charge in [0, 0.05) is 55.4 Å². The summed E-state index contributed by atoms with van der Waals surface area (Å²) in [5.74, 6) is -1.92. The molecule has 162 valence electrons. The highest BCUT2D eigenvalue weighted by Gasteiger charge is 2.77.